The molecule has 1 N–H and O–H groups in total. The molecule has 0 aromatic rings. The van der Waals surface area contributed by atoms with E-state index in [0.717, 1.165) is 32.6 Å². The number of rotatable bonds is 10. The highest BCUT2D eigenvalue weighted by Crippen LogP contribution is 2.14. The number of hydrogen-bond donors (Lipinski definition) is 1. The zero-order valence-electron chi connectivity index (χ0n) is 11.7. The highest BCUT2D eigenvalue weighted by molar-refractivity contribution is 5.75. The summed E-state index contributed by atoms with van der Waals surface area (Å²) in [7, 11) is 1.42. The molecule has 0 atom stereocenters. The molecule has 102 valence electrons. The quantitative estimate of drug-likeness (QED) is 0.472. The maximum atomic E-state index is 11.4. The number of carbonyl (C=O) groups is 1. The van der Waals surface area contributed by atoms with Gasteiger partial charge in [-0.2, -0.15) is 0 Å². The van der Waals surface area contributed by atoms with Gasteiger partial charge >= 0.3 is 5.97 Å². The zero-order chi connectivity index (χ0) is 13.1. The van der Waals surface area contributed by atoms with Crippen molar-refractivity contribution in [2.75, 3.05) is 33.4 Å². The summed E-state index contributed by atoms with van der Waals surface area (Å²) in [5.41, 5.74) is -0.460. The second-order valence-electron chi connectivity index (χ2n) is 4.87. The fraction of sp³-hybridized carbons (Fsp3) is 0.923. The summed E-state index contributed by atoms with van der Waals surface area (Å²) in [5.74, 6) is -0.177. The summed E-state index contributed by atoms with van der Waals surface area (Å²) in [4.78, 5) is 11.4. The molecule has 0 aliphatic carbocycles. The van der Waals surface area contributed by atoms with Crippen LogP contribution in [0.25, 0.3) is 0 Å². The summed E-state index contributed by atoms with van der Waals surface area (Å²) < 4.78 is 10.2. The molecule has 0 bridgehead atoms. The Morgan fingerprint density at radius 1 is 1.24 bits per heavy atom. The summed E-state index contributed by atoms with van der Waals surface area (Å²) in [6, 6.07) is 0. The Morgan fingerprint density at radius 3 is 2.47 bits per heavy atom. The molecule has 0 heterocycles. The molecule has 0 saturated heterocycles. The number of ether oxygens (including phenoxy) is 2. The van der Waals surface area contributed by atoms with Crippen LogP contribution in [0.1, 0.15) is 40.0 Å². The molecule has 0 rings (SSSR count). The van der Waals surface area contributed by atoms with E-state index in [9.17, 15) is 4.79 Å². The number of methoxy groups -OCH3 is 1. The fourth-order valence-electron chi connectivity index (χ4n) is 1.40. The Kier molecular flexibility index (Phi) is 9.09. The lowest BCUT2D eigenvalue weighted by Crippen LogP contribution is -2.37. The molecule has 0 unspecified atom stereocenters. The van der Waals surface area contributed by atoms with Crippen molar-refractivity contribution in [3.63, 3.8) is 0 Å². The lowest BCUT2D eigenvalue weighted by Gasteiger charge is -2.21. The van der Waals surface area contributed by atoms with Gasteiger partial charge in [0.05, 0.1) is 12.5 Å². The fourth-order valence-corrected chi connectivity index (χ4v) is 1.40. The molecule has 0 spiro atoms. The second kappa shape index (κ2) is 9.42. The molecule has 4 nitrogen and oxygen atoms in total. The van der Waals surface area contributed by atoms with E-state index in [2.05, 4.69) is 12.2 Å². The van der Waals surface area contributed by atoms with Crippen LogP contribution in [-0.2, 0) is 14.3 Å². The lowest BCUT2D eigenvalue weighted by molar-refractivity contribution is -0.150. The highest BCUT2D eigenvalue weighted by atomic mass is 16.5. The Hall–Kier alpha value is -0.610. The molecule has 0 amide bonds. The van der Waals surface area contributed by atoms with E-state index in [1.54, 1.807) is 0 Å². The van der Waals surface area contributed by atoms with Crippen LogP contribution in [0, 0.1) is 5.41 Å². The van der Waals surface area contributed by atoms with Crippen LogP contribution in [0.15, 0.2) is 0 Å². The minimum absolute atomic E-state index is 0.177. The van der Waals surface area contributed by atoms with Crippen molar-refractivity contribution in [2.24, 2.45) is 5.41 Å². The first-order valence-corrected chi connectivity index (χ1v) is 6.41. The molecular formula is C13H27NO3. The summed E-state index contributed by atoms with van der Waals surface area (Å²) >= 11 is 0. The Balaban J connectivity index is 3.42. The van der Waals surface area contributed by atoms with Gasteiger partial charge in [0.2, 0.25) is 0 Å². The first-order valence-electron chi connectivity index (χ1n) is 6.41. The highest BCUT2D eigenvalue weighted by Gasteiger charge is 2.27. The van der Waals surface area contributed by atoms with E-state index < -0.39 is 5.41 Å². The van der Waals surface area contributed by atoms with Crippen LogP contribution in [0.4, 0.5) is 0 Å². The van der Waals surface area contributed by atoms with Crippen molar-refractivity contribution in [1.29, 1.82) is 0 Å². The number of esters is 1. The number of unbranched alkanes of at least 4 members (excludes halogenated alkanes) is 1. The molecule has 0 saturated carbocycles. The smallest absolute Gasteiger partial charge is 0.312 e. The molecular weight excluding hydrogens is 218 g/mol. The van der Waals surface area contributed by atoms with E-state index >= 15 is 0 Å². The third-order valence-electron chi connectivity index (χ3n) is 2.59. The summed E-state index contributed by atoms with van der Waals surface area (Å²) in [5, 5.41) is 3.25. The van der Waals surface area contributed by atoms with E-state index in [1.807, 2.05) is 13.8 Å². The molecule has 0 radical (unpaired) electrons. The molecule has 17 heavy (non-hydrogen) atoms. The molecule has 0 aliphatic heterocycles. The van der Waals surface area contributed by atoms with Gasteiger partial charge in [-0.25, -0.2) is 0 Å². The van der Waals surface area contributed by atoms with Crippen molar-refractivity contribution >= 4 is 5.97 Å². The van der Waals surface area contributed by atoms with Gasteiger partial charge in [-0.3, -0.25) is 4.79 Å². The van der Waals surface area contributed by atoms with Crippen molar-refractivity contribution in [2.45, 2.75) is 40.0 Å². The number of carbonyl (C=O) groups excluding carboxylic acids is 1. The van der Waals surface area contributed by atoms with Crippen molar-refractivity contribution in [1.82, 2.24) is 5.32 Å². The van der Waals surface area contributed by atoms with Gasteiger partial charge in [0.15, 0.2) is 0 Å². The van der Waals surface area contributed by atoms with E-state index in [-0.39, 0.29) is 5.97 Å². The normalized spacial score (nSPS) is 11.5. The summed E-state index contributed by atoms with van der Waals surface area (Å²) in [6.07, 6.45) is 3.27. The van der Waals surface area contributed by atoms with Gasteiger partial charge in [0.25, 0.3) is 0 Å². The Bertz CT molecular complexity index is 205. The van der Waals surface area contributed by atoms with Crippen LogP contribution >= 0.6 is 0 Å². The maximum absolute atomic E-state index is 11.4. The van der Waals surface area contributed by atoms with Crippen molar-refractivity contribution in [3.8, 4) is 0 Å². The number of nitrogens with one attached hydrogen (secondary N) is 1. The lowest BCUT2D eigenvalue weighted by atomic mass is 9.94. The van der Waals surface area contributed by atoms with Crippen LogP contribution in [0.3, 0.4) is 0 Å². The first-order chi connectivity index (χ1) is 8.04. The van der Waals surface area contributed by atoms with Gasteiger partial charge in [-0.1, -0.05) is 13.3 Å². The van der Waals surface area contributed by atoms with Crippen LogP contribution in [-0.4, -0.2) is 39.4 Å². The average molecular weight is 245 g/mol. The SMILES string of the molecule is CCCCOCCCNCC(C)(C)C(=O)OC. The van der Waals surface area contributed by atoms with Crippen LogP contribution < -0.4 is 5.32 Å². The summed E-state index contributed by atoms with van der Waals surface area (Å²) in [6.45, 7) is 9.05. The minimum Gasteiger partial charge on any atom is -0.469 e. The molecule has 0 aromatic carbocycles. The largest absolute Gasteiger partial charge is 0.469 e. The van der Waals surface area contributed by atoms with E-state index in [4.69, 9.17) is 9.47 Å². The van der Waals surface area contributed by atoms with Gasteiger partial charge in [0.1, 0.15) is 0 Å². The van der Waals surface area contributed by atoms with Gasteiger partial charge in [0, 0.05) is 19.8 Å². The van der Waals surface area contributed by atoms with Crippen molar-refractivity contribution in [3.05, 3.63) is 0 Å². The standard InChI is InChI=1S/C13H27NO3/c1-5-6-9-17-10-7-8-14-11-13(2,3)12(15)16-4/h14H,5-11H2,1-4H3. The predicted octanol–water partition coefficient (Wildman–Crippen LogP) is 1.98. The first kappa shape index (κ1) is 16.4. The minimum atomic E-state index is -0.460. The third kappa shape index (κ3) is 8.16. The zero-order valence-corrected chi connectivity index (χ0v) is 11.7. The molecule has 0 fully saturated rings. The van der Waals surface area contributed by atoms with Crippen molar-refractivity contribution < 1.29 is 14.3 Å². The van der Waals surface area contributed by atoms with E-state index in [1.165, 1.54) is 13.5 Å². The van der Waals surface area contributed by atoms with E-state index in [0.29, 0.717) is 6.54 Å². The monoisotopic (exact) mass is 245 g/mol. The topological polar surface area (TPSA) is 47.6 Å². The van der Waals surface area contributed by atoms with Gasteiger partial charge < -0.3 is 14.8 Å². The maximum Gasteiger partial charge on any atom is 0.312 e. The van der Waals surface area contributed by atoms with Gasteiger partial charge in [-0.15, -0.1) is 0 Å². The Morgan fingerprint density at radius 2 is 1.88 bits per heavy atom. The van der Waals surface area contributed by atoms with Crippen LogP contribution in [0.2, 0.25) is 0 Å². The Labute approximate surface area is 105 Å². The molecule has 0 aromatic heterocycles. The molecule has 0 aliphatic rings. The predicted molar refractivity (Wildman–Crippen MR) is 69.0 cm³/mol. The van der Waals surface area contributed by atoms with Crippen LogP contribution in [0.5, 0.6) is 0 Å². The average Bonchev–Trinajstić information content (AvgIpc) is 2.31. The molecule has 4 heteroatoms. The third-order valence-corrected chi connectivity index (χ3v) is 2.59. The van der Waals surface area contributed by atoms with Gasteiger partial charge in [-0.05, 0) is 33.2 Å². The number of hydrogen-bond acceptors (Lipinski definition) is 4. The second-order valence-corrected chi connectivity index (χ2v) is 4.87.